The number of imidazole rings is 1. The van der Waals surface area contributed by atoms with Crippen molar-refractivity contribution in [2.24, 2.45) is 0 Å². The van der Waals surface area contributed by atoms with Gasteiger partial charge in [-0.3, -0.25) is 4.57 Å². The highest BCUT2D eigenvalue weighted by Crippen LogP contribution is 2.51. The SMILES string of the molecule is C[C@H]1O[C@@H](n2cnc3c(N)nc(Cl)nc32)[C@]2(C)OC(C)(C)O[C@H]12. The van der Waals surface area contributed by atoms with Crippen LogP contribution in [0.15, 0.2) is 6.33 Å². The van der Waals surface area contributed by atoms with Gasteiger partial charge in [0.1, 0.15) is 17.2 Å². The third-order valence-electron chi connectivity index (χ3n) is 4.38. The van der Waals surface area contributed by atoms with Crippen molar-refractivity contribution < 1.29 is 14.2 Å². The first-order valence-electron chi connectivity index (χ1n) is 7.40. The van der Waals surface area contributed by atoms with Gasteiger partial charge in [-0.25, -0.2) is 4.98 Å². The van der Waals surface area contributed by atoms with E-state index >= 15 is 0 Å². The van der Waals surface area contributed by atoms with E-state index in [1.807, 2.05) is 27.7 Å². The van der Waals surface area contributed by atoms with E-state index in [1.165, 1.54) is 0 Å². The number of aromatic nitrogens is 4. The van der Waals surface area contributed by atoms with Crippen molar-refractivity contribution in [3.63, 3.8) is 0 Å². The standard InChI is InChI=1S/C14H18ClN5O3/c1-6-8-14(4,23-13(2,3)22-8)11(21-6)20-5-17-7-9(16)18-12(15)19-10(7)20/h5-6,8,11H,1-4H3,(H2,16,18,19)/t6-,8-,11-,14-/m1/s1. The molecule has 0 spiro atoms. The Bertz CT molecular complexity index is 794. The molecule has 0 bridgehead atoms. The van der Waals surface area contributed by atoms with Crippen molar-refractivity contribution in [3.8, 4) is 0 Å². The van der Waals surface area contributed by atoms with E-state index in [9.17, 15) is 0 Å². The number of nitrogen functional groups attached to an aromatic ring is 1. The molecule has 23 heavy (non-hydrogen) atoms. The molecule has 0 aromatic carbocycles. The van der Waals surface area contributed by atoms with Crippen LogP contribution in [0.5, 0.6) is 0 Å². The zero-order valence-corrected chi connectivity index (χ0v) is 14.0. The Hall–Kier alpha value is -1.48. The summed E-state index contributed by atoms with van der Waals surface area (Å²) in [5, 5.41) is 0.0634. The van der Waals surface area contributed by atoms with E-state index < -0.39 is 17.6 Å². The van der Waals surface area contributed by atoms with Gasteiger partial charge in [0.15, 0.2) is 23.5 Å². The van der Waals surface area contributed by atoms with Gasteiger partial charge in [0.25, 0.3) is 0 Å². The number of nitrogens with two attached hydrogens (primary N) is 1. The van der Waals surface area contributed by atoms with Gasteiger partial charge >= 0.3 is 0 Å². The molecule has 2 aliphatic rings. The number of nitrogens with zero attached hydrogens (tertiary/aromatic N) is 4. The highest BCUT2D eigenvalue weighted by Gasteiger charge is 2.63. The number of halogens is 1. The first-order chi connectivity index (χ1) is 10.7. The third-order valence-corrected chi connectivity index (χ3v) is 4.54. The number of ether oxygens (including phenoxy) is 3. The fourth-order valence-corrected chi connectivity index (χ4v) is 3.79. The van der Waals surface area contributed by atoms with Crippen LogP contribution in [0.3, 0.4) is 0 Å². The summed E-state index contributed by atoms with van der Waals surface area (Å²) in [5.74, 6) is -0.451. The molecule has 4 rings (SSSR count). The second-order valence-corrected chi connectivity index (χ2v) is 6.96. The van der Waals surface area contributed by atoms with E-state index in [0.717, 1.165) is 0 Å². The van der Waals surface area contributed by atoms with Gasteiger partial charge < -0.3 is 19.9 Å². The minimum absolute atomic E-state index is 0.0634. The van der Waals surface area contributed by atoms with Crippen LogP contribution < -0.4 is 5.73 Å². The molecule has 2 aliphatic heterocycles. The third kappa shape index (κ3) is 2.06. The molecular formula is C14H18ClN5O3. The van der Waals surface area contributed by atoms with Crippen molar-refractivity contribution >= 4 is 28.6 Å². The smallest absolute Gasteiger partial charge is 0.226 e. The molecule has 4 heterocycles. The summed E-state index contributed by atoms with van der Waals surface area (Å²) in [6.07, 6.45) is 0.819. The van der Waals surface area contributed by atoms with Crippen LogP contribution in [-0.2, 0) is 14.2 Å². The van der Waals surface area contributed by atoms with Gasteiger partial charge in [0, 0.05) is 0 Å². The van der Waals surface area contributed by atoms with Crippen molar-refractivity contribution in [3.05, 3.63) is 11.6 Å². The van der Waals surface area contributed by atoms with E-state index in [-0.39, 0.29) is 23.3 Å². The molecule has 9 heteroatoms. The van der Waals surface area contributed by atoms with Gasteiger partial charge in [-0.15, -0.1) is 0 Å². The Morgan fingerprint density at radius 3 is 2.78 bits per heavy atom. The number of fused-ring (bicyclic) bond motifs is 2. The number of hydrogen-bond donors (Lipinski definition) is 1. The summed E-state index contributed by atoms with van der Waals surface area (Å²) >= 11 is 5.94. The van der Waals surface area contributed by atoms with Crippen LogP contribution in [0.4, 0.5) is 5.82 Å². The van der Waals surface area contributed by atoms with Crippen LogP contribution in [0, 0.1) is 0 Å². The second-order valence-electron chi connectivity index (χ2n) is 6.62. The maximum atomic E-state index is 6.17. The highest BCUT2D eigenvalue weighted by molar-refractivity contribution is 6.28. The molecule has 0 radical (unpaired) electrons. The molecule has 0 aliphatic carbocycles. The first-order valence-corrected chi connectivity index (χ1v) is 7.78. The number of rotatable bonds is 1. The Kier molecular flexibility index (Phi) is 2.97. The predicted octanol–water partition coefficient (Wildman–Crippen LogP) is 1.89. The lowest BCUT2D eigenvalue weighted by Gasteiger charge is -2.30. The van der Waals surface area contributed by atoms with Gasteiger partial charge in [-0.1, -0.05) is 0 Å². The van der Waals surface area contributed by atoms with E-state index in [2.05, 4.69) is 15.0 Å². The van der Waals surface area contributed by atoms with Crippen LogP contribution in [0.2, 0.25) is 5.28 Å². The van der Waals surface area contributed by atoms with Gasteiger partial charge in [-0.2, -0.15) is 9.97 Å². The summed E-state index contributed by atoms with van der Waals surface area (Å²) in [7, 11) is 0. The maximum absolute atomic E-state index is 6.17. The molecular weight excluding hydrogens is 322 g/mol. The average molecular weight is 340 g/mol. The van der Waals surface area contributed by atoms with E-state index in [1.54, 1.807) is 10.9 Å². The van der Waals surface area contributed by atoms with Gasteiger partial charge in [-0.05, 0) is 39.3 Å². The summed E-state index contributed by atoms with van der Waals surface area (Å²) in [6.45, 7) is 7.72. The van der Waals surface area contributed by atoms with Crippen LogP contribution >= 0.6 is 11.6 Å². The summed E-state index contributed by atoms with van der Waals surface area (Å²) in [4.78, 5) is 12.5. The molecule has 0 amide bonds. The topological polar surface area (TPSA) is 97.3 Å². The molecule has 2 aromatic heterocycles. The lowest BCUT2D eigenvalue weighted by Crippen LogP contribution is -2.41. The molecule has 0 unspecified atom stereocenters. The van der Waals surface area contributed by atoms with Gasteiger partial charge in [0.2, 0.25) is 5.28 Å². The minimum Gasteiger partial charge on any atom is -0.382 e. The number of hydrogen-bond acceptors (Lipinski definition) is 7. The van der Waals surface area contributed by atoms with Gasteiger partial charge in [0.05, 0.1) is 12.4 Å². The molecule has 124 valence electrons. The Balaban J connectivity index is 1.85. The maximum Gasteiger partial charge on any atom is 0.226 e. The highest BCUT2D eigenvalue weighted by atomic mass is 35.5. The second kappa shape index (κ2) is 4.54. The molecule has 8 nitrogen and oxygen atoms in total. The largest absolute Gasteiger partial charge is 0.382 e. The molecule has 0 saturated carbocycles. The summed E-state index contributed by atoms with van der Waals surface area (Å²) in [5.41, 5.74) is 6.18. The van der Waals surface area contributed by atoms with Crippen LogP contribution in [0.1, 0.15) is 33.9 Å². The first kappa shape index (κ1) is 15.1. The Morgan fingerprint density at radius 1 is 1.30 bits per heavy atom. The quantitative estimate of drug-likeness (QED) is 0.792. The summed E-state index contributed by atoms with van der Waals surface area (Å²) < 4.78 is 20.0. The van der Waals surface area contributed by atoms with Crippen molar-refractivity contribution in [1.29, 1.82) is 0 Å². The molecule has 2 aromatic rings. The molecule has 2 fully saturated rings. The molecule has 2 saturated heterocycles. The molecule has 4 atom stereocenters. The van der Waals surface area contributed by atoms with Crippen molar-refractivity contribution in [2.75, 3.05) is 5.73 Å². The fraction of sp³-hybridized carbons (Fsp3) is 0.643. The number of anilines is 1. The fourth-order valence-electron chi connectivity index (χ4n) is 3.62. The van der Waals surface area contributed by atoms with Crippen LogP contribution in [0.25, 0.3) is 11.2 Å². The Morgan fingerprint density at radius 2 is 2.04 bits per heavy atom. The van der Waals surface area contributed by atoms with Crippen LogP contribution in [-0.4, -0.2) is 43.1 Å². The molecule has 2 N–H and O–H groups in total. The summed E-state index contributed by atoms with van der Waals surface area (Å²) in [6, 6.07) is 0. The minimum atomic E-state index is -0.683. The zero-order valence-electron chi connectivity index (χ0n) is 13.3. The average Bonchev–Trinajstić information content (AvgIpc) is 3.00. The van der Waals surface area contributed by atoms with Crippen molar-refractivity contribution in [1.82, 2.24) is 19.5 Å². The monoisotopic (exact) mass is 339 g/mol. The predicted molar refractivity (Wildman–Crippen MR) is 82.8 cm³/mol. The van der Waals surface area contributed by atoms with Crippen molar-refractivity contribution in [2.45, 2.75) is 57.5 Å². The van der Waals surface area contributed by atoms with E-state index in [4.69, 9.17) is 31.5 Å². The normalized spacial score (nSPS) is 35.8. The lowest BCUT2D eigenvalue weighted by molar-refractivity contribution is -0.213. The zero-order chi connectivity index (χ0) is 16.6. The Labute approximate surface area is 137 Å². The van der Waals surface area contributed by atoms with E-state index in [0.29, 0.717) is 11.2 Å². The lowest BCUT2D eigenvalue weighted by atomic mass is 9.97.